The van der Waals surface area contributed by atoms with E-state index in [4.69, 9.17) is 0 Å². The number of unbranched alkanes of at least 4 members (excludes halogenated alkanes) is 2. The highest BCUT2D eigenvalue weighted by molar-refractivity contribution is 7.17. The normalized spacial score (nSPS) is 13.1. The summed E-state index contributed by atoms with van der Waals surface area (Å²) in [5, 5.41) is 0. The summed E-state index contributed by atoms with van der Waals surface area (Å²) in [7, 11) is 2.79. The van der Waals surface area contributed by atoms with Gasteiger partial charge in [-0.25, -0.2) is 0 Å². The molecule has 0 amide bonds. The van der Waals surface area contributed by atoms with E-state index in [1.165, 1.54) is 25.7 Å². The lowest BCUT2D eigenvalue weighted by atomic mass is 10.1. The van der Waals surface area contributed by atoms with E-state index < -0.39 is 0 Å². The fourth-order valence-electron chi connectivity index (χ4n) is 0.748. The second-order valence-electron chi connectivity index (χ2n) is 2.40. The van der Waals surface area contributed by atoms with Gasteiger partial charge >= 0.3 is 0 Å². The Morgan fingerprint density at radius 2 is 2.22 bits per heavy atom. The lowest BCUT2D eigenvalue weighted by Gasteiger charge is -2.02. The Labute approximate surface area is 60.9 Å². The van der Waals surface area contributed by atoms with Gasteiger partial charge in [0.05, 0.1) is 0 Å². The van der Waals surface area contributed by atoms with Crippen molar-refractivity contribution in [1.29, 1.82) is 0 Å². The van der Waals surface area contributed by atoms with Crippen LogP contribution in [0.1, 0.15) is 32.6 Å². The van der Waals surface area contributed by atoms with E-state index in [-0.39, 0.29) is 0 Å². The summed E-state index contributed by atoms with van der Waals surface area (Å²) in [4.78, 5) is 0. The first kappa shape index (κ1) is 9.17. The number of hydrogen-bond acceptors (Lipinski definition) is 0. The maximum atomic E-state index is 3.72. The molecule has 0 fully saturated rings. The second-order valence-corrected chi connectivity index (χ2v) is 3.25. The van der Waals surface area contributed by atoms with E-state index in [9.17, 15) is 0 Å². The van der Waals surface area contributed by atoms with Gasteiger partial charge in [0.2, 0.25) is 0 Å². The van der Waals surface area contributed by atoms with Gasteiger partial charge in [-0.2, -0.15) is 0 Å². The highest BCUT2D eigenvalue weighted by atomic mass is 31.0. The molecule has 0 aliphatic heterocycles. The van der Waals surface area contributed by atoms with E-state index in [1.54, 1.807) is 0 Å². The maximum Gasteiger partial charge on any atom is -0.00884 e. The minimum atomic E-state index is 0.636. The third-order valence-corrected chi connectivity index (χ3v) is 2.05. The zero-order chi connectivity index (χ0) is 7.11. The van der Waals surface area contributed by atoms with Crippen LogP contribution in [0.25, 0.3) is 0 Å². The lowest BCUT2D eigenvalue weighted by molar-refractivity contribution is 0.681. The highest BCUT2D eigenvalue weighted by Gasteiger charge is 1.93. The van der Waals surface area contributed by atoms with Gasteiger partial charge in [-0.05, 0) is 12.1 Å². The fourth-order valence-corrected chi connectivity index (χ4v) is 0.984. The molecule has 0 aliphatic rings. The molecule has 0 rings (SSSR count). The Balaban J connectivity index is 2.96. The number of hydrogen-bond donors (Lipinski definition) is 0. The molecule has 54 valence electrons. The molecule has 0 saturated heterocycles. The predicted octanol–water partition coefficient (Wildman–Crippen LogP) is 3.00. The summed E-state index contributed by atoms with van der Waals surface area (Å²) < 4.78 is 0. The first-order chi connectivity index (χ1) is 4.31. The van der Waals surface area contributed by atoms with E-state index in [1.807, 2.05) is 6.08 Å². The van der Waals surface area contributed by atoms with Gasteiger partial charge in [-0.3, -0.25) is 0 Å². The van der Waals surface area contributed by atoms with Crippen molar-refractivity contribution in [1.82, 2.24) is 0 Å². The van der Waals surface area contributed by atoms with Crippen LogP contribution in [-0.2, 0) is 0 Å². The minimum Gasteiger partial charge on any atom is -0.130 e. The molecular formula is C8H17P. The third kappa shape index (κ3) is 6.05. The van der Waals surface area contributed by atoms with Crippen molar-refractivity contribution in [3.8, 4) is 0 Å². The summed E-state index contributed by atoms with van der Waals surface area (Å²) in [6, 6.07) is 0. The molecule has 0 heterocycles. The molecule has 0 aromatic heterocycles. The number of rotatable bonds is 5. The van der Waals surface area contributed by atoms with Crippen molar-refractivity contribution in [3.63, 3.8) is 0 Å². The maximum absolute atomic E-state index is 3.72. The minimum absolute atomic E-state index is 0.636. The van der Waals surface area contributed by atoms with Crippen LogP contribution in [0.5, 0.6) is 0 Å². The van der Waals surface area contributed by atoms with Gasteiger partial charge in [0.25, 0.3) is 0 Å². The topological polar surface area (TPSA) is 0 Å². The monoisotopic (exact) mass is 144 g/mol. The summed E-state index contributed by atoms with van der Waals surface area (Å²) in [5.74, 6) is 0. The molecule has 0 radical (unpaired) electrons. The molecule has 1 heteroatoms. The van der Waals surface area contributed by atoms with E-state index in [0.29, 0.717) is 5.66 Å². The van der Waals surface area contributed by atoms with Crippen LogP contribution >= 0.6 is 9.24 Å². The first-order valence-corrected chi connectivity index (χ1v) is 4.36. The van der Waals surface area contributed by atoms with Crippen LogP contribution in [-0.4, -0.2) is 5.66 Å². The average molecular weight is 144 g/mol. The average Bonchev–Trinajstić information content (AvgIpc) is 1.89. The standard InChI is InChI=1S/C8H17P/c1-3-5-6-7-8(9)4-2/h4,8H,2-3,5-7,9H2,1H3. The summed E-state index contributed by atoms with van der Waals surface area (Å²) in [6.07, 6.45) is 7.30. The second kappa shape index (κ2) is 6.29. The molecule has 9 heavy (non-hydrogen) atoms. The largest absolute Gasteiger partial charge is 0.130 e. The predicted molar refractivity (Wildman–Crippen MR) is 47.8 cm³/mol. The van der Waals surface area contributed by atoms with E-state index in [0.717, 1.165) is 0 Å². The molecule has 0 aliphatic carbocycles. The quantitative estimate of drug-likeness (QED) is 0.316. The van der Waals surface area contributed by atoms with Crippen molar-refractivity contribution in [2.24, 2.45) is 0 Å². The molecule has 0 aromatic rings. The third-order valence-electron chi connectivity index (χ3n) is 1.44. The van der Waals surface area contributed by atoms with Gasteiger partial charge < -0.3 is 0 Å². The lowest BCUT2D eigenvalue weighted by Crippen LogP contribution is -1.90. The molecule has 0 bridgehead atoms. The van der Waals surface area contributed by atoms with Gasteiger partial charge in [-0.15, -0.1) is 15.8 Å². The molecular weight excluding hydrogens is 127 g/mol. The Bertz CT molecular complexity index is 69.0. The molecule has 0 saturated carbocycles. The van der Waals surface area contributed by atoms with Crippen molar-refractivity contribution in [3.05, 3.63) is 12.7 Å². The zero-order valence-electron chi connectivity index (χ0n) is 6.27. The van der Waals surface area contributed by atoms with Gasteiger partial charge in [-0.1, -0.05) is 32.3 Å². The van der Waals surface area contributed by atoms with Crippen molar-refractivity contribution < 1.29 is 0 Å². The van der Waals surface area contributed by atoms with Crippen LogP contribution in [0, 0.1) is 0 Å². The van der Waals surface area contributed by atoms with Crippen molar-refractivity contribution in [2.45, 2.75) is 38.3 Å². The van der Waals surface area contributed by atoms with Crippen LogP contribution in [0.3, 0.4) is 0 Å². The van der Waals surface area contributed by atoms with Crippen LogP contribution in [0.15, 0.2) is 12.7 Å². The zero-order valence-corrected chi connectivity index (χ0v) is 7.42. The number of allylic oxidation sites excluding steroid dienone is 1. The molecule has 0 N–H and O–H groups in total. The first-order valence-electron chi connectivity index (χ1n) is 3.69. The van der Waals surface area contributed by atoms with Crippen LogP contribution in [0.4, 0.5) is 0 Å². The summed E-state index contributed by atoms with van der Waals surface area (Å²) in [5.41, 5.74) is 0.636. The van der Waals surface area contributed by atoms with E-state index in [2.05, 4.69) is 22.7 Å². The van der Waals surface area contributed by atoms with Gasteiger partial charge in [0.15, 0.2) is 0 Å². The van der Waals surface area contributed by atoms with Crippen LogP contribution in [0.2, 0.25) is 0 Å². The highest BCUT2D eigenvalue weighted by Crippen LogP contribution is 2.11. The Morgan fingerprint density at radius 1 is 1.56 bits per heavy atom. The van der Waals surface area contributed by atoms with Gasteiger partial charge in [0, 0.05) is 0 Å². The Hall–Kier alpha value is 0.170. The van der Waals surface area contributed by atoms with E-state index >= 15 is 0 Å². The SMILES string of the molecule is C=CC(P)CCCCC. The Morgan fingerprint density at radius 3 is 2.67 bits per heavy atom. The molecule has 2 unspecified atom stereocenters. The molecule has 2 atom stereocenters. The van der Waals surface area contributed by atoms with Crippen LogP contribution < -0.4 is 0 Å². The summed E-state index contributed by atoms with van der Waals surface area (Å²) >= 11 is 0. The smallest absolute Gasteiger partial charge is 0.00884 e. The molecule has 0 spiro atoms. The Kier molecular flexibility index (Phi) is 6.41. The molecule has 0 nitrogen and oxygen atoms in total. The fraction of sp³-hybridized carbons (Fsp3) is 0.750. The van der Waals surface area contributed by atoms with Crippen molar-refractivity contribution in [2.75, 3.05) is 0 Å². The van der Waals surface area contributed by atoms with Gasteiger partial charge in [0.1, 0.15) is 0 Å². The summed E-state index contributed by atoms with van der Waals surface area (Å²) in [6.45, 7) is 5.95. The van der Waals surface area contributed by atoms with Crippen molar-refractivity contribution >= 4 is 9.24 Å². The molecule has 0 aromatic carbocycles.